The molecule has 27 heavy (non-hydrogen) atoms. The molecule has 0 unspecified atom stereocenters. The van der Waals surface area contributed by atoms with E-state index >= 15 is 0 Å². The Morgan fingerprint density at radius 3 is 2.78 bits per heavy atom. The number of rotatable bonds is 5. The summed E-state index contributed by atoms with van der Waals surface area (Å²) in [6, 6.07) is 13.8. The van der Waals surface area contributed by atoms with Crippen molar-refractivity contribution in [2.75, 3.05) is 0 Å². The molecule has 0 bridgehead atoms. The maximum atomic E-state index is 12.4. The van der Waals surface area contributed by atoms with Gasteiger partial charge in [0.05, 0.1) is 30.4 Å². The Hall–Kier alpha value is -3.41. The van der Waals surface area contributed by atoms with E-state index in [4.69, 9.17) is 4.42 Å². The lowest BCUT2D eigenvalue weighted by Gasteiger charge is -2.04. The lowest BCUT2D eigenvalue weighted by molar-refractivity contribution is -0.120. The average molecular weight is 360 g/mol. The number of amides is 1. The highest BCUT2D eigenvalue weighted by Crippen LogP contribution is 2.22. The molecule has 0 aliphatic heterocycles. The maximum Gasteiger partial charge on any atom is 0.226 e. The van der Waals surface area contributed by atoms with Crippen LogP contribution in [0.5, 0.6) is 0 Å². The smallest absolute Gasteiger partial charge is 0.226 e. The molecule has 4 rings (SSSR count). The molecule has 4 aromatic rings. The Labute approximate surface area is 156 Å². The summed E-state index contributed by atoms with van der Waals surface area (Å²) in [5.41, 5.74) is 3.72. The maximum absolute atomic E-state index is 12.4. The summed E-state index contributed by atoms with van der Waals surface area (Å²) in [5, 5.41) is 2.91. The molecule has 0 fully saturated rings. The number of hydrogen-bond acceptors (Lipinski definition) is 4. The van der Waals surface area contributed by atoms with Crippen molar-refractivity contribution in [2.45, 2.75) is 26.8 Å². The third kappa shape index (κ3) is 3.60. The number of aryl methyl sites for hydroxylation is 2. The first-order chi connectivity index (χ1) is 13.1. The van der Waals surface area contributed by atoms with E-state index in [0.29, 0.717) is 23.9 Å². The van der Waals surface area contributed by atoms with Gasteiger partial charge in [-0.1, -0.05) is 23.8 Å². The first-order valence-corrected chi connectivity index (χ1v) is 8.81. The number of imidazole rings is 1. The van der Waals surface area contributed by atoms with Crippen molar-refractivity contribution in [1.82, 2.24) is 19.7 Å². The van der Waals surface area contributed by atoms with Crippen LogP contribution in [0.15, 0.2) is 59.3 Å². The molecule has 3 heterocycles. The van der Waals surface area contributed by atoms with E-state index in [0.717, 1.165) is 16.9 Å². The number of aromatic nitrogens is 3. The topological polar surface area (TPSA) is 72.4 Å². The Bertz CT molecular complexity index is 1090. The molecule has 3 aromatic heterocycles. The zero-order valence-electron chi connectivity index (χ0n) is 15.3. The molecular formula is C21H20N4O2. The first kappa shape index (κ1) is 17.0. The molecule has 6 heteroatoms. The van der Waals surface area contributed by atoms with E-state index in [2.05, 4.69) is 15.3 Å². The van der Waals surface area contributed by atoms with Crippen molar-refractivity contribution in [3.05, 3.63) is 77.7 Å². The third-order valence-corrected chi connectivity index (χ3v) is 4.48. The number of oxazole rings is 1. The Morgan fingerprint density at radius 2 is 1.96 bits per heavy atom. The van der Waals surface area contributed by atoms with Crippen LogP contribution in [0.1, 0.15) is 22.8 Å². The number of carbonyl (C=O) groups excluding carboxylic acids is 1. The minimum atomic E-state index is -0.116. The highest BCUT2D eigenvalue weighted by Gasteiger charge is 2.15. The second-order valence-electron chi connectivity index (χ2n) is 6.51. The summed E-state index contributed by atoms with van der Waals surface area (Å²) < 4.78 is 7.70. The third-order valence-electron chi connectivity index (χ3n) is 4.48. The molecule has 136 valence electrons. The van der Waals surface area contributed by atoms with Crippen LogP contribution in [0.25, 0.3) is 17.0 Å². The largest absolute Gasteiger partial charge is 0.441 e. The number of benzene rings is 1. The molecule has 0 spiro atoms. The van der Waals surface area contributed by atoms with Gasteiger partial charge in [0.15, 0.2) is 0 Å². The molecule has 0 aliphatic carbocycles. The van der Waals surface area contributed by atoms with Gasteiger partial charge in [0, 0.05) is 11.8 Å². The Balaban J connectivity index is 1.43. The number of fused-ring (bicyclic) bond motifs is 1. The van der Waals surface area contributed by atoms with Crippen molar-refractivity contribution >= 4 is 11.4 Å². The van der Waals surface area contributed by atoms with Gasteiger partial charge in [-0.05, 0) is 38.1 Å². The summed E-state index contributed by atoms with van der Waals surface area (Å²) in [7, 11) is 0. The Kier molecular flexibility index (Phi) is 4.46. The summed E-state index contributed by atoms with van der Waals surface area (Å²) in [6.45, 7) is 4.22. The van der Waals surface area contributed by atoms with Crippen LogP contribution in [0, 0.1) is 13.8 Å². The van der Waals surface area contributed by atoms with Gasteiger partial charge in [-0.2, -0.15) is 0 Å². The number of nitrogens with one attached hydrogen (secondary N) is 1. The molecule has 0 radical (unpaired) electrons. The zero-order chi connectivity index (χ0) is 18.8. The van der Waals surface area contributed by atoms with Crippen molar-refractivity contribution < 1.29 is 9.21 Å². The summed E-state index contributed by atoms with van der Waals surface area (Å²) >= 11 is 0. The normalized spacial score (nSPS) is 11.0. The van der Waals surface area contributed by atoms with Gasteiger partial charge in [0.2, 0.25) is 11.8 Å². The van der Waals surface area contributed by atoms with Crippen molar-refractivity contribution in [3.8, 4) is 11.5 Å². The number of nitrogens with zero attached hydrogens (tertiary/aromatic N) is 3. The molecule has 1 aromatic carbocycles. The summed E-state index contributed by atoms with van der Waals surface area (Å²) in [4.78, 5) is 21.2. The van der Waals surface area contributed by atoms with Gasteiger partial charge < -0.3 is 14.1 Å². The lowest BCUT2D eigenvalue weighted by Crippen LogP contribution is -2.26. The van der Waals surface area contributed by atoms with E-state index in [-0.39, 0.29) is 12.3 Å². The summed E-state index contributed by atoms with van der Waals surface area (Å²) in [5.74, 6) is 1.87. The van der Waals surface area contributed by atoms with Crippen molar-refractivity contribution in [1.29, 1.82) is 0 Å². The van der Waals surface area contributed by atoms with Gasteiger partial charge in [-0.25, -0.2) is 9.97 Å². The lowest BCUT2D eigenvalue weighted by atomic mass is 10.1. The van der Waals surface area contributed by atoms with E-state index in [9.17, 15) is 4.79 Å². The van der Waals surface area contributed by atoms with Crippen LogP contribution in [0.2, 0.25) is 0 Å². The van der Waals surface area contributed by atoms with Gasteiger partial charge >= 0.3 is 0 Å². The van der Waals surface area contributed by atoms with Gasteiger partial charge in [-0.15, -0.1) is 0 Å². The fourth-order valence-corrected chi connectivity index (χ4v) is 2.93. The molecule has 6 nitrogen and oxygen atoms in total. The fraction of sp³-hybridized carbons (Fsp3) is 0.190. The average Bonchev–Trinajstić information content (AvgIpc) is 3.24. The first-order valence-electron chi connectivity index (χ1n) is 8.81. The molecule has 0 saturated heterocycles. The molecule has 0 saturated carbocycles. The minimum absolute atomic E-state index is 0.116. The highest BCUT2D eigenvalue weighted by atomic mass is 16.4. The molecule has 0 aliphatic rings. The van der Waals surface area contributed by atoms with Gasteiger partial charge in [0.25, 0.3) is 0 Å². The van der Waals surface area contributed by atoms with E-state index in [1.165, 1.54) is 5.56 Å². The van der Waals surface area contributed by atoms with Crippen molar-refractivity contribution in [2.24, 2.45) is 0 Å². The van der Waals surface area contributed by atoms with Crippen molar-refractivity contribution in [3.63, 3.8) is 0 Å². The number of pyridine rings is 1. The number of carbonyl (C=O) groups is 1. The minimum Gasteiger partial charge on any atom is -0.441 e. The molecule has 0 atom stereocenters. The van der Waals surface area contributed by atoms with E-state index in [1.807, 2.05) is 66.9 Å². The quantitative estimate of drug-likeness (QED) is 0.591. The molecular weight excluding hydrogens is 340 g/mol. The molecule has 1 N–H and O–H groups in total. The van der Waals surface area contributed by atoms with E-state index in [1.54, 1.807) is 6.20 Å². The molecule has 1 amide bonds. The van der Waals surface area contributed by atoms with Crippen LogP contribution in [-0.4, -0.2) is 20.3 Å². The second-order valence-corrected chi connectivity index (χ2v) is 6.51. The van der Waals surface area contributed by atoms with Crippen LogP contribution >= 0.6 is 0 Å². The van der Waals surface area contributed by atoms with Crippen LogP contribution < -0.4 is 5.32 Å². The van der Waals surface area contributed by atoms with Crippen LogP contribution in [-0.2, 0) is 17.8 Å². The standard InChI is InChI=1S/C21H20N4O2/c1-14-6-8-16(9-7-14)21-24-18(15(2)27-21)11-20(26)23-13-19-22-12-17-5-3-4-10-25(17)19/h3-10,12H,11,13H2,1-2H3,(H,23,26). The van der Waals surface area contributed by atoms with Crippen LogP contribution in [0.3, 0.4) is 0 Å². The predicted molar refractivity (Wildman–Crippen MR) is 102 cm³/mol. The number of hydrogen-bond donors (Lipinski definition) is 1. The fourth-order valence-electron chi connectivity index (χ4n) is 2.93. The van der Waals surface area contributed by atoms with Gasteiger partial charge in [0.1, 0.15) is 11.6 Å². The van der Waals surface area contributed by atoms with Gasteiger partial charge in [-0.3, -0.25) is 4.79 Å². The SMILES string of the molecule is Cc1ccc(-c2nc(CC(=O)NCc3ncc4ccccn34)c(C)o2)cc1. The highest BCUT2D eigenvalue weighted by molar-refractivity contribution is 5.78. The second kappa shape index (κ2) is 7.07. The van der Waals surface area contributed by atoms with Crippen LogP contribution in [0.4, 0.5) is 0 Å². The summed E-state index contributed by atoms with van der Waals surface area (Å²) in [6.07, 6.45) is 3.89. The Morgan fingerprint density at radius 1 is 1.15 bits per heavy atom. The zero-order valence-corrected chi connectivity index (χ0v) is 15.3. The monoisotopic (exact) mass is 360 g/mol. The van der Waals surface area contributed by atoms with E-state index < -0.39 is 0 Å². The predicted octanol–water partition coefficient (Wildman–Crippen LogP) is 3.47.